The molecule has 98 valence electrons. The maximum atomic E-state index is 10.5. The van der Waals surface area contributed by atoms with Crippen LogP contribution in [0.25, 0.3) is 0 Å². The number of ether oxygens (including phenoxy) is 2. The first-order chi connectivity index (χ1) is 9.11. The van der Waals surface area contributed by atoms with Gasteiger partial charge >= 0.3 is 0 Å². The fraction of sp³-hybridized carbons (Fsp3) is 0.0909. The fourth-order valence-corrected chi connectivity index (χ4v) is 1.38. The molecule has 0 aliphatic heterocycles. The Hall–Kier alpha value is -2.90. The molecule has 0 radical (unpaired) electrons. The van der Waals surface area contributed by atoms with Gasteiger partial charge in [-0.2, -0.15) is 4.98 Å². The van der Waals surface area contributed by atoms with Crippen molar-refractivity contribution in [3.05, 3.63) is 40.7 Å². The maximum Gasteiger partial charge on any atom is 0.269 e. The van der Waals surface area contributed by atoms with Crippen molar-refractivity contribution in [1.82, 2.24) is 9.97 Å². The van der Waals surface area contributed by atoms with E-state index in [2.05, 4.69) is 9.97 Å². The summed E-state index contributed by atoms with van der Waals surface area (Å²) in [6.07, 6.45) is 1.23. The minimum atomic E-state index is -0.493. The molecule has 0 aliphatic rings. The van der Waals surface area contributed by atoms with Crippen molar-refractivity contribution >= 4 is 11.5 Å². The Morgan fingerprint density at radius 3 is 2.53 bits per heavy atom. The van der Waals surface area contributed by atoms with Gasteiger partial charge in [0.25, 0.3) is 11.6 Å². The molecular formula is C11H10N4O4. The summed E-state index contributed by atoms with van der Waals surface area (Å²) < 4.78 is 10.5. The van der Waals surface area contributed by atoms with E-state index in [1.807, 2.05) is 0 Å². The number of nitro benzene ring substituents is 1. The number of methoxy groups -OCH3 is 1. The molecule has 8 nitrogen and oxygen atoms in total. The molecule has 0 fully saturated rings. The van der Waals surface area contributed by atoms with Crippen LogP contribution in [0.1, 0.15) is 0 Å². The number of nitrogens with zero attached hydrogens (tertiary/aromatic N) is 3. The molecule has 0 spiro atoms. The predicted molar refractivity (Wildman–Crippen MR) is 66.2 cm³/mol. The van der Waals surface area contributed by atoms with Gasteiger partial charge in [-0.1, -0.05) is 0 Å². The second-order valence-electron chi connectivity index (χ2n) is 3.45. The summed E-state index contributed by atoms with van der Waals surface area (Å²) in [4.78, 5) is 17.7. The van der Waals surface area contributed by atoms with E-state index >= 15 is 0 Å². The van der Waals surface area contributed by atoms with Gasteiger partial charge in [-0.15, -0.1) is 0 Å². The average molecular weight is 262 g/mol. The molecule has 8 heteroatoms. The van der Waals surface area contributed by atoms with E-state index in [1.54, 1.807) is 0 Å². The number of non-ortho nitro benzene ring substituents is 1. The summed E-state index contributed by atoms with van der Waals surface area (Å²) in [5.74, 6) is 0.876. The summed E-state index contributed by atoms with van der Waals surface area (Å²) >= 11 is 0. The highest BCUT2D eigenvalue weighted by Crippen LogP contribution is 2.32. The van der Waals surface area contributed by atoms with Gasteiger partial charge in [0, 0.05) is 12.1 Å². The molecule has 0 amide bonds. The van der Waals surface area contributed by atoms with Crippen molar-refractivity contribution in [2.24, 2.45) is 0 Å². The van der Waals surface area contributed by atoms with Crippen molar-refractivity contribution in [1.29, 1.82) is 0 Å². The third kappa shape index (κ3) is 2.68. The number of anilines is 1. The Morgan fingerprint density at radius 2 is 1.95 bits per heavy atom. The van der Waals surface area contributed by atoms with Crippen LogP contribution in [-0.2, 0) is 0 Å². The number of nitrogens with two attached hydrogens (primary N) is 1. The molecule has 19 heavy (non-hydrogen) atoms. The van der Waals surface area contributed by atoms with E-state index < -0.39 is 4.92 Å². The van der Waals surface area contributed by atoms with Gasteiger partial charge in [0.2, 0.25) is 5.75 Å². The monoisotopic (exact) mass is 262 g/mol. The smallest absolute Gasteiger partial charge is 0.269 e. The van der Waals surface area contributed by atoms with Crippen molar-refractivity contribution < 1.29 is 14.4 Å². The lowest BCUT2D eigenvalue weighted by molar-refractivity contribution is -0.384. The summed E-state index contributed by atoms with van der Waals surface area (Å²) in [6, 6.07) is 5.56. The molecule has 1 aromatic carbocycles. The van der Waals surface area contributed by atoms with E-state index in [9.17, 15) is 10.1 Å². The fourth-order valence-electron chi connectivity index (χ4n) is 1.38. The number of nitro groups is 1. The van der Waals surface area contributed by atoms with E-state index in [-0.39, 0.29) is 23.1 Å². The van der Waals surface area contributed by atoms with Crippen LogP contribution in [0.15, 0.2) is 30.6 Å². The van der Waals surface area contributed by atoms with Gasteiger partial charge in [0.1, 0.15) is 12.1 Å². The minimum absolute atomic E-state index is 0.0264. The number of hydrogen-bond acceptors (Lipinski definition) is 7. The van der Waals surface area contributed by atoms with Gasteiger partial charge in [-0.25, -0.2) is 4.98 Å². The number of hydrogen-bond donors (Lipinski definition) is 1. The van der Waals surface area contributed by atoms with Gasteiger partial charge in [0.05, 0.1) is 12.0 Å². The van der Waals surface area contributed by atoms with Crippen molar-refractivity contribution in [2.45, 2.75) is 0 Å². The Labute approximate surface area is 108 Å². The SMILES string of the molecule is COc1c(N)ncnc1Oc1ccc([N+](=O)[O-])cc1. The molecule has 2 aromatic rings. The molecule has 0 unspecified atom stereocenters. The first-order valence-corrected chi connectivity index (χ1v) is 5.18. The standard InChI is InChI=1S/C11H10N4O4/c1-18-9-10(12)13-6-14-11(9)19-8-4-2-7(3-5-8)15(16)17/h2-6H,1H3,(H2,12,13,14). The third-order valence-corrected chi connectivity index (χ3v) is 2.26. The first-order valence-electron chi connectivity index (χ1n) is 5.18. The number of benzene rings is 1. The normalized spacial score (nSPS) is 9.95. The molecule has 2 rings (SSSR count). The van der Waals surface area contributed by atoms with Crippen LogP contribution in [0.4, 0.5) is 11.5 Å². The van der Waals surface area contributed by atoms with Gasteiger partial charge in [-0.3, -0.25) is 10.1 Å². The van der Waals surface area contributed by atoms with Crippen molar-refractivity contribution in [3.8, 4) is 17.4 Å². The number of aromatic nitrogens is 2. The van der Waals surface area contributed by atoms with Crippen LogP contribution in [-0.4, -0.2) is 22.0 Å². The summed E-state index contributed by atoms with van der Waals surface area (Å²) in [5.41, 5.74) is 5.58. The van der Waals surface area contributed by atoms with E-state index in [1.165, 1.54) is 37.7 Å². The Kier molecular flexibility index (Phi) is 3.42. The Balaban J connectivity index is 2.26. The minimum Gasteiger partial charge on any atom is -0.489 e. The van der Waals surface area contributed by atoms with Crippen LogP contribution in [0.5, 0.6) is 17.4 Å². The third-order valence-electron chi connectivity index (χ3n) is 2.26. The van der Waals surface area contributed by atoms with Crippen LogP contribution in [0.3, 0.4) is 0 Å². The zero-order valence-corrected chi connectivity index (χ0v) is 9.94. The molecule has 0 saturated carbocycles. The molecule has 0 bridgehead atoms. The topological polar surface area (TPSA) is 113 Å². The van der Waals surface area contributed by atoms with Crippen LogP contribution in [0.2, 0.25) is 0 Å². The van der Waals surface area contributed by atoms with Gasteiger partial charge in [0.15, 0.2) is 5.82 Å². The van der Waals surface area contributed by atoms with E-state index in [0.29, 0.717) is 5.75 Å². The molecule has 0 atom stereocenters. The van der Waals surface area contributed by atoms with Crippen LogP contribution in [0, 0.1) is 10.1 Å². The highest BCUT2D eigenvalue weighted by atomic mass is 16.6. The number of nitrogen functional groups attached to an aromatic ring is 1. The van der Waals surface area contributed by atoms with Gasteiger partial charge < -0.3 is 15.2 Å². The highest BCUT2D eigenvalue weighted by molar-refractivity contribution is 5.52. The summed E-state index contributed by atoms with van der Waals surface area (Å²) in [5, 5.41) is 10.5. The summed E-state index contributed by atoms with van der Waals surface area (Å²) in [7, 11) is 1.41. The molecule has 0 aliphatic carbocycles. The molecular weight excluding hydrogens is 252 g/mol. The Bertz CT molecular complexity index is 600. The van der Waals surface area contributed by atoms with Crippen molar-refractivity contribution in [2.75, 3.05) is 12.8 Å². The zero-order valence-electron chi connectivity index (χ0n) is 9.94. The zero-order chi connectivity index (χ0) is 13.8. The average Bonchev–Trinajstić information content (AvgIpc) is 2.39. The van der Waals surface area contributed by atoms with Crippen LogP contribution < -0.4 is 15.2 Å². The maximum absolute atomic E-state index is 10.5. The second-order valence-corrected chi connectivity index (χ2v) is 3.45. The Morgan fingerprint density at radius 1 is 1.26 bits per heavy atom. The summed E-state index contributed by atoms with van der Waals surface area (Å²) in [6.45, 7) is 0. The largest absolute Gasteiger partial charge is 0.489 e. The lowest BCUT2D eigenvalue weighted by Crippen LogP contribution is -2.00. The van der Waals surface area contributed by atoms with Crippen molar-refractivity contribution in [3.63, 3.8) is 0 Å². The molecule has 0 saturated heterocycles. The molecule has 2 N–H and O–H groups in total. The van der Waals surface area contributed by atoms with Gasteiger partial charge in [-0.05, 0) is 12.1 Å². The van der Waals surface area contributed by atoms with E-state index in [4.69, 9.17) is 15.2 Å². The van der Waals surface area contributed by atoms with Crippen LogP contribution >= 0.6 is 0 Å². The first kappa shape index (κ1) is 12.6. The van der Waals surface area contributed by atoms with E-state index in [0.717, 1.165) is 0 Å². The second kappa shape index (κ2) is 5.17. The quantitative estimate of drug-likeness (QED) is 0.659. The molecule has 1 heterocycles. The number of rotatable bonds is 4. The molecule has 1 aromatic heterocycles. The predicted octanol–water partition coefficient (Wildman–Crippen LogP) is 1.77. The lowest BCUT2D eigenvalue weighted by atomic mass is 10.3. The lowest BCUT2D eigenvalue weighted by Gasteiger charge is -2.09. The highest BCUT2D eigenvalue weighted by Gasteiger charge is 2.12.